The van der Waals surface area contributed by atoms with Gasteiger partial charge in [-0.2, -0.15) is 0 Å². The van der Waals surface area contributed by atoms with Gasteiger partial charge in [-0.05, 0) is 12.8 Å². The maximum Gasteiger partial charge on any atom is 0.323 e. The molecule has 0 radical (unpaired) electrons. The highest BCUT2D eigenvalue weighted by molar-refractivity contribution is 6.06. The molecule has 2 aliphatic rings. The first-order chi connectivity index (χ1) is 7.11. The maximum atomic E-state index is 11.7. The molecule has 2 fully saturated rings. The van der Waals surface area contributed by atoms with Crippen molar-refractivity contribution in [3.63, 3.8) is 0 Å². The fraction of sp³-hybridized carbons (Fsp3) is 0.700. The van der Waals surface area contributed by atoms with Gasteiger partial charge in [-0.1, -0.05) is 12.8 Å². The van der Waals surface area contributed by atoms with Crippen LogP contribution >= 0.6 is 0 Å². The van der Waals surface area contributed by atoms with Gasteiger partial charge in [0.1, 0.15) is 6.54 Å². The Morgan fingerprint density at radius 2 is 1.67 bits per heavy atom. The van der Waals surface area contributed by atoms with Gasteiger partial charge in [-0.15, -0.1) is 0 Å². The largest absolute Gasteiger partial charge is 0.480 e. The number of rotatable bonds is 2. The van der Waals surface area contributed by atoms with Crippen LogP contribution < -0.4 is 0 Å². The van der Waals surface area contributed by atoms with Gasteiger partial charge in [-0.25, -0.2) is 0 Å². The molecule has 1 aliphatic heterocycles. The number of fused-ring (bicyclic) bond motifs is 1. The monoisotopic (exact) mass is 211 g/mol. The zero-order valence-corrected chi connectivity index (χ0v) is 8.31. The van der Waals surface area contributed by atoms with Crippen LogP contribution in [0.5, 0.6) is 0 Å². The number of aliphatic carboxylic acids is 1. The summed E-state index contributed by atoms with van der Waals surface area (Å²) in [4.78, 5) is 34.9. The van der Waals surface area contributed by atoms with Gasteiger partial charge in [0.15, 0.2) is 0 Å². The molecule has 15 heavy (non-hydrogen) atoms. The van der Waals surface area contributed by atoms with Crippen molar-refractivity contribution in [3.8, 4) is 0 Å². The summed E-state index contributed by atoms with van der Waals surface area (Å²) in [6.07, 6.45) is 3.37. The van der Waals surface area contributed by atoms with Gasteiger partial charge in [0, 0.05) is 0 Å². The number of likely N-dealkylation sites (tertiary alicyclic amines) is 1. The minimum absolute atomic E-state index is 0.245. The molecule has 1 aliphatic carbocycles. The standard InChI is InChI=1S/C10H13NO4/c12-8(13)5-11-9(14)6-3-1-2-4-7(6)10(11)15/h6-7H,1-5H2,(H,12,13)/t6-,7-/m1/s1. The van der Waals surface area contributed by atoms with Gasteiger partial charge in [0.2, 0.25) is 11.8 Å². The minimum Gasteiger partial charge on any atom is -0.480 e. The van der Waals surface area contributed by atoms with Crippen LogP contribution in [0.2, 0.25) is 0 Å². The van der Waals surface area contributed by atoms with E-state index in [1.807, 2.05) is 0 Å². The number of nitrogens with zero attached hydrogens (tertiary/aromatic N) is 1. The Kier molecular flexibility index (Phi) is 2.46. The van der Waals surface area contributed by atoms with Crippen molar-refractivity contribution in [2.45, 2.75) is 25.7 Å². The Hall–Kier alpha value is -1.39. The van der Waals surface area contributed by atoms with Gasteiger partial charge in [-0.3, -0.25) is 19.3 Å². The summed E-state index contributed by atoms with van der Waals surface area (Å²) in [5.41, 5.74) is 0. The van der Waals surface area contributed by atoms with Crippen LogP contribution in [-0.4, -0.2) is 34.3 Å². The molecular formula is C10H13NO4. The molecule has 0 bridgehead atoms. The predicted octanol–water partition coefficient (Wildman–Crippen LogP) is 0.246. The number of carboxylic acids is 1. The van der Waals surface area contributed by atoms with Crippen molar-refractivity contribution in [1.82, 2.24) is 4.90 Å². The first kappa shape index (κ1) is 10.1. The van der Waals surface area contributed by atoms with E-state index in [4.69, 9.17) is 5.11 Å². The number of hydrogen-bond donors (Lipinski definition) is 1. The average Bonchev–Trinajstić information content (AvgIpc) is 2.44. The average molecular weight is 211 g/mol. The number of carboxylic acid groups (broad SMARTS) is 1. The highest BCUT2D eigenvalue weighted by Gasteiger charge is 2.48. The van der Waals surface area contributed by atoms with Crippen molar-refractivity contribution in [3.05, 3.63) is 0 Å². The molecular weight excluding hydrogens is 198 g/mol. The predicted molar refractivity (Wildman–Crippen MR) is 49.8 cm³/mol. The quantitative estimate of drug-likeness (QED) is 0.664. The zero-order chi connectivity index (χ0) is 11.0. The molecule has 2 rings (SSSR count). The Morgan fingerprint density at radius 3 is 2.07 bits per heavy atom. The summed E-state index contributed by atoms with van der Waals surface area (Å²) in [5.74, 6) is -2.19. The van der Waals surface area contributed by atoms with Crippen LogP contribution in [0, 0.1) is 11.8 Å². The molecule has 82 valence electrons. The first-order valence-electron chi connectivity index (χ1n) is 5.18. The van der Waals surface area contributed by atoms with Crippen LogP contribution in [0.4, 0.5) is 0 Å². The molecule has 0 aromatic carbocycles. The number of carbonyl (C=O) groups is 3. The highest BCUT2D eigenvalue weighted by atomic mass is 16.4. The Labute approximate surface area is 87.1 Å². The van der Waals surface area contributed by atoms with Crippen LogP contribution in [0.3, 0.4) is 0 Å². The Morgan fingerprint density at radius 1 is 1.20 bits per heavy atom. The molecule has 0 aromatic rings. The van der Waals surface area contributed by atoms with E-state index in [-0.39, 0.29) is 23.7 Å². The molecule has 1 saturated heterocycles. The molecule has 1 saturated carbocycles. The normalized spacial score (nSPS) is 30.5. The lowest BCUT2D eigenvalue weighted by atomic mass is 9.81. The van der Waals surface area contributed by atoms with Crippen LogP contribution in [-0.2, 0) is 14.4 Å². The minimum atomic E-state index is -1.13. The third-order valence-corrected chi connectivity index (χ3v) is 3.23. The summed E-state index contributed by atoms with van der Waals surface area (Å²) < 4.78 is 0. The molecule has 1 heterocycles. The lowest BCUT2D eigenvalue weighted by Crippen LogP contribution is -2.35. The van der Waals surface area contributed by atoms with E-state index < -0.39 is 12.5 Å². The van der Waals surface area contributed by atoms with Crippen molar-refractivity contribution in [1.29, 1.82) is 0 Å². The van der Waals surface area contributed by atoms with Crippen LogP contribution in [0.1, 0.15) is 25.7 Å². The second kappa shape index (κ2) is 3.64. The number of hydrogen-bond acceptors (Lipinski definition) is 3. The molecule has 0 aromatic heterocycles. The second-order valence-electron chi connectivity index (χ2n) is 4.15. The maximum absolute atomic E-state index is 11.7. The smallest absolute Gasteiger partial charge is 0.323 e. The number of amides is 2. The second-order valence-corrected chi connectivity index (χ2v) is 4.15. The van der Waals surface area contributed by atoms with E-state index in [1.165, 1.54) is 0 Å². The van der Waals surface area contributed by atoms with Crippen molar-refractivity contribution < 1.29 is 19.5 Å². The fourth-order valence-corrected chi connectivity index (χ4v) is 2.52. The fourth-order valence-electron chi connectivity index (χ4n) is 2.52. The third kappa shape index (κ3) is 1.62. The number of imide groups is 1. The lowest BCUT2D eigenvalue weighted by molar-refractivity contribution is -0.149. The van der Waals surface area contributed by atoms with Crippen LogP contribution in [0.25, 0.3) is 0 Å². The Bertz CT molecular complexity index is 301. The van der Waals surface area contributed by atoms with Crippen molar-refractivity contribution in [2.75, 3.05) is 6.54 Å². The SMILES string of the molecule is O=C(O)CN1C(=O)[C@@H]2CCCC[C@H]2C1=O. The van der Waals surface area contributed by atoms with Crippen LogP contribution in [0.15, 0.2) is 0 Å². The van der Waals surface area contributed by atoms with E-state index in [1.54, 1.807) is 0 Å². The van der Waals surface area contributed by atoms with Crippen molar-refractivity contribution >= 4 is 17.8 Å². The van der Waals surface area contributed by atoms with E-state index in [0.29, 0.717) is 0 Å². The highest BCUT2D eigenvalue weighted by Crippen LogP contribution is 2.37. The molecule has 2 amide bonds. The lowest BCUT2D eigenvalue weighted by Gasteiger charge is -2.19. The van der Waals surface area contributed by atoms with E-state index in [2.05, 4.69) is 0 Å². The first-order valence-corrected chi connectivity index (χ1v) is 5.18. The molecule has 2 atom stereocenters. The molecule has 5 nitrogen and oxygen atoms in total. The summed E-state index contributed by atoms with van der Waals surface area (Å²) in [6, 6.07) is 0. The van der Waals surface area contributed by atoms with Crippen molar-refractivity contribution in [2.24, 2.45) is 11.8 Å². The summed E-state index contributed by atoms with van der Waals surface area (Å²) in [6.45, 7) is -0.481. The van der Waals surface area contributed by atoms with E-state index in [0.717, 1.165) is 30.6 Å². The summed E-state index contributed by atoms with van der Waals surface area (Å²) in [5, 5.41) is 8.60. The van der Waals surface area contributed by atoms with E-state index >= 15 is 0 Å². The topological polar surface area (TPSA) is 74.7 Å². The zero-order valence-electron chi connectivity index (χ0n) is 8.31. The van der Waals surface area contributed by atoms with Gasteiger partial charge in [0.05, 0.1) is 11.8 Å². The van der Waals surface area contributed by atoms with Gasteiger partial charge in [0.25, 0.3) is 0 Å². The van der Waals surface area contributed by atoms with E-state index in [9.17, 15) is 14.4 Å². The molecule has 1 N–H and O–H groups in total. The molecule has 0 spiro atoms. The third-order valence-electron chi connectivity index (χ3n) is 3.23. The summed E-state index contributed by atoms with van der Waals surface area (Å²) >= 11 is 0. The molecule has 0 unspecified atom stereocenters. The Balaban J connectivity index is 2.17. The number of carbonyl (C=O) groups excluding carboxylic acids is 2. The molecule has 5 heteroatoms. The van der Waals surface area contributed by atoms with Gasteiger partial charge >= 0.3 is 5.97 Å². The summed E-state index contributed by atoms with van der Waals surface area (Å²) in [7, 11) is 0. The van der Waals surface area contributed by atoms with Gasteiger partial charge < -0.3 is 5.11 Å².